The lowest BCUT2D eigenvalue weighted by Crippen LogP contribution is -2.07. The van der Waals surface area contributed by atoms with Gasteiger partial charge in [0.25, 0.3) is 0 Å². The summed E-state index contributed by atoms with van der Waals surface area (Å²) in [5, 5.41) is 25.7. The summed E-state index contributed by atoms with van der Waals surface area (Å²) in [5.74, 6) is 0.171. The second-order valence-corrected chi connectivity index (χ2v) is 9.47. The van der Waals surface area contributed by atoms with Gasteiger partial charge >= 0.3 is 0 Å². The molecule has 0 aromatic heterocycles. The zero-order valence-corrected chi connectivity index (χ0v) is 23.1. The van der Waals surface area contributed by atoms with Crippen molar-refractivity contribution >= 4 is 45.6 Å². The number of hydrogen-bond donors (Lipinski definition) is 0. The van der Waals surface area contributed by atoms with Crippen molar-refractivity contribution in [1.82, 2.24) is 0 Å². The third-order valence-electron chi connectivity index (χ3n) is 6.11. The van der Waals surface area contributed by atoms with Crippen LogP contribution in [0.1, 0.15) is 43.0 Å². The van der Waals surface area contributed by atoms with E-state index in [9.17, 15) is 4.79 Å². The van der Waals surface area contributed by atoms with Gasteiger partial charge in [0.15, 0.2) is 5.78 Å². The Labute approximate surface area is 235 Å². The van der Waals surface area contributed by atoms with Crippen molar-refractivity contribution in [2.24, 2.45) is 30.7 Å². The van der Waals surface area contributed by atoms with E-state index in [0.717, 1.165) is 41.9 Å². The lowest BCUT2D eigenvalue weighted by Gasteiger charge is -2.11. The summed E-state index contributed by atoms with van der Waals surface area (Å²) in [7, 11) is 4.00. The molecule has 0 aliphatic carbocycles. The van der Waals surface area contributed by atoms with Crippen molar-refractivity contribution in [1.29, 1.82) is 0 Å². The summed E-state index contributed by atoms with van der Waals surface area (Å²) in [5.41, 5.74) is 6.17. The number of benzene rings is 4. The number of unbranched alkanes of at least 4 members (excludes halogenated alkanes) is 2. The molecule has 0 aliphatic rings. The van der Waals surface area contributed by atoms with Gasteiger partial charge in [-0.2, -0.15) is 30.7 Å². The molecular weight excluding hydrogens is 498 g/mol. The van der Waals surface area contributed by atoms with E-state index in [1.165, 1.54) is 0 Å². The lowest BCUT2D eigenvalue weighted by molar-refractivity contribution is 0.0979. The number of hydrogen-bond acceptors (Lipinski definition) is 8. The largest absolute Gasteiger partial charge is 0.378 e. The number of rotatable bonds is 12. The number of nitrogens with zero attached hydrogens (tertiary/aromatic N) is 7. The van der Waals surface area contributed by atoms with E-state index in [-0.39, 0.29) is 5.78 Å². The molecule has 0 amide bonds. The Hall–Kier alpha value is -4.85. The number of Topliss-reactive ketones (excluding diaryl/α,β-unsaturated/α-hetero) is 1. The van der Waals surface area contributed by atoms with E-state index in [1.54, 1.807) is 0 Å². The van der Waals surface area contributed by atoms with Crippen LogP contribution >= 0.6 is 0 Å². The van der Waals surface area contributed by atoms with Gasteiger partial charge in [-0.15, -0.1) is 0 Å². The van der Waals surface area contributed by atoms with E-state index in [2.05, 4.69) is 37.6 Å². The minimum atomic E-state index is 0.171. The van der Waals surface area contributed by atoms with Crippen LogP contribution in [0.15, 0.2) is 128 Å². The van der Waals surface area contributed by atoms with Crippen LogP contribution in [-0.4, -0.2) is 19.9 Å². The van der Waals surface area contributed by atoms with Gasteiger partial charge in [0.05, 0.1) is 34.1 Å². The average molecular weight is 532 g/mol. The number of anilines is 1. The zero-order valence-electron chi connectivity index (χ0n) is 23.1. The third-order valence-corrected chi connectivity index (χ3v) is 6.11. The molecule has 0 spiro atoms. The predicted octanol–water partition coefficient (Wildman–Crippen LogP) is 10.8. The fourth-order valence-corrected chi connectivity index (χ4v) is 3.73. The maximum atomic E-state index is 12.2. The Kier molecular flexibility index (Phi) is 10.1. The quantitative estimate of drug-likeness (QED) is 0.103. The van der Waals surface area contributed by atoms with Crippen LogP contribution < -0.4 is 4.90 Å². The van der Waals surface area contributed by atoms with Crippen LogP contribution in [0.2, 0.25) is 0 Å². The van der Waals surface area contributed by atoms with Crippen LogP contribution in [0.4, 0.5) is 39.8 Å². The first-order valence-electron chi connectivity index (χ1n) is 13.4. The predicted molar refractivity (Wildman–Crippen MR) is 161 cm³/mol. The molecule has 0 atom stereocenters. The highest BCUT2D eigenvalue weighted by Crippen LogP contribution is 2.26. The van der Waals surface area contributed by atoms with Gasteiger partial charge in [-0.05, 0) is 103 Å². The maximum Gasteiger partial charge on any atom is 0.162 e. The molecule has 202 valence electrons. The van der Waals surface area contributed by atoms with Crippen molar-refractivity contribution in [3.63, 3.8) is 0 Å². The third kappa shape index (κ3) is 8.59. The Bertz CT molecular complexity index is 1460. The molecular formula is C32H33N7O. The SMILES string of the molecule is CCCCCC(=O)c1ccc(N=Nc2ccc(N=Nc3ccc(N=Nc4ccc(N(C)C)cc4)cc3)cc2)cc1. The van der Waals surface area contributed by atoms with E-state index in [4.69, 9.17) is 0 Å². The van der Waals surface area contributed by atoms with Gasteiger partial charge < -0.3 is 4.90 Å². The molecule has 0 unspecified atom stereocenters. The van der Waals surface area contributed by atoms with E-state index < -0.39 is 0 Å². The molecule has 0 N–H and O–H groups in total. The normalized spacial score (nSPS) is 11.6. The van der Waals surface area contributed by atoms with Crippen LogP contribution in [0.3, 0.4) is 0 Å². The molecule has 0 heterocycles. The van der Waals surface area contributed by atoms with Gasteiger partial charge in [0.2, 0.25) is 0 Å². The van der Waals surface area contributed by atoms with Gasteiger partial charge in [0.1, 0.15) is 0 Å². The molecule has 0 fully saturated rings. The molecule has 8 nitrogen and oxygen atoms in total. The maximum absolute atomic E-state index is 12.2. The first kappa shape index (κ1) is 28.2. The van der Waals surface area contributed by atoms with Gasteiger partial charge in [0, 0.05) is 31.8 Å². The monoisotopic (exact) mass is 531 g/mol. The fourth-order valence-electron chi connectivity index (χ4n) is 3.73. The Balaban J connectivity index is 1.29. The van der Waals surface area contributed by atoms with Crippen LogP contribution in [0.25, 0.3) is 0 Å². The second-order valence-electron chi connectivity index (χ2n) is 9.47. The summed E-state index contributed by atoms with van der Waals surface area (Å²) >= 11 is 0. The number of carbonyl (C=O) groups is 1. The first-order chi connectivity index (χ1) is 19.5. The first-order valence-corrected chi connectivity index (χ1v) is 13.4. The number of carbonyl (C=O) groups excluding carboxylic acids is 1. The van der Waals surface area contributed by atoms with E-state index in [0.29, 0.717) is 29.2 Å². The zero-order chi connectivity index (χ0) is 28.2. The van der Waals surface area contributed by atoms with Crippen LogP contribution in [-0.2, 0) is 0 Å². The smallest absolute Gasteiger partial charge is 0.162 e. The lowest BCUT2D eigenvalue weighted by atomic mass is 10.0. The van der Waals surface area contributed by atoms with Crippen molar-refractivity contribution in [3.8, 4) is 0 Å². The van der Waals surface area contributed by atoms with E-state index in [1.807, 2.05) is 116 Å². The minimum Gasteiger partial charge on any atom is -0.378 e. The average Bonchev–Trinajstić information content (AvgIpc) is 2.99. The standard InChI is InChI=1S/C32H33N7O/c1-4-5-6-7-32(40)24-8-10-25(11-9-24)33-34-26-12-14-27(15-13-26)35-36-28-16-18-29(19-17-28)37-38-30-20-22-31(23-21-30)39(2)3/h8-23H,4-7H2,1-3H3. The molecule has 4 rings (SSSR count). The van der Waals surface area contributed by atoms with Gasteiger partial charge in [-0.3, -0.25) is 4.79 Å². The Morgan fingerprint density at radius 1 is 0.525 bits per heavy atom. The summed E-state index contributed by atoms with van der Waals surface area (Å²) in [6.45, 7) is 2.13. The van der Waals surface area contributed by atoms with Crippen molar-refractivity contribution in [2.75, 3.05) is 19.0 Å². The molecule has 0 bridgehead atoms. The van der Waals surface area contributed by atoms with Gasteiger partial charge in [-0.1, -0.05) is 19.8 Å². The summed E-state index contributed by atoms with van der Waals surface area (Å²) in [4.78, 5) is 14.3. The highest BCUT2D eigenvalue weighted by molar-refractivity contribution is 5.96. The van der Waals surface area contributed by atoms with Crippen molar-refractivity contribution in [3.05, 3.63) is 103 Å². The highest BCUT2D eigenvalue weighted by Gasteiger charge is 2.05. The van der Waals surface area contributed by atoms with Crippen LogP contribution in [0, 0.1) is 0 Å². The summed E-state index contributed by atoms with van der Waals surface area (Å²) in [6.07, 6.45) is 3.70. The summed E-state index contributed by atoms with van der Waals surface area (Å²) < 4.78 is 0. The molecule has 0 aliphatic heterocycles. The van der Waals surface area contributed by atoms with Crippen molar-refractivity contribution in [2.45, 2.75) is 32.6 Å². The molecule has 8 heteroatoms. The molecule has 0 saturated heterocycles. The van der Waals surface area contributed by atoms with Gasteiger partial charge in [-0.25, -0.2) is 0 Å². The number of ketones is 1. The second kappa shape index (κ2) is 14.3. The van der Waals surface area contributed by atoms with E-state index >= 15 is 0 Å². The topological polar surface area (TPSA) is 94.5 Å². The minimum absolute atomic E-state index is 0.171. The number of azo groups is 3. The summed E-state index contributed by atoms with van der Waals surface area (Å²) in [6, 6.07) is 29.9. The Morgan fingerprint density at radius 2 is 0.850 bits per heavy atom. The molecule has 4 aromatic rings. The molecule has 0 saturated carbocycles. The highest BCUT2D eigenvalue weighted by atomic mass is 16.1. The van der Waals surface area contributed by atoms with Crippen molar-refractivity contribution < 1.29 is 4.79 Å². The Morgan fingerprint density at radius 3 is 1.18 bits per heavy atom. The molecule has 4 aromatic carbocycles. The molecule has 0 radical (unpaired) electrons. The fraction of sp³-hybridized carbons (Fsp3) is 0.219. The molecule has 40 heavy (non-hydrogen) atoms. The van der Waals surface area contributed by atoms with Crippen LogP contribution in [0.5, 0.6) is 0 Å².